The molecule has 0 radical (unpaired) electrons. The van der Waals surface area contributed by atoms with Crippen molar-refractivity contribution < 1.29 is 64.6 Å². The van der Waals surface area contributed by atoms with Gasteiger partial charge in [-0.2, -0.15) is 0 Å². The smallest absolute Gasteiger partial charge is 0.229 e. The number of nitrogens with one attached hydrogen (secondary N) is 2. The summed E-state index contributed by atoms with van der Waals surface area (Å²) in [5.74, 6) is 0.329. The molecule has 2 aromatic rings. The number of aliphatic hydroxyl groups excluding tert-OH is 8. The Balaban J connectivity index is 1.14. The molecule has 2 aliphatic rings. The normalized spacial score (nSPS) is 29.2. The first-order chi connectivity index (χ1) is 26.5. The van der Waals surface area contributed by atoms with Crippen LogP contribution in [0, 0.1) is 0 Å². The minimum absolute atomic E-state index is 0.0188. The van der Waals surface area contributed by atoms with Gasteiger partial charge in [0.05, 0.1) is 19.3 Å². The Kier molecular flexibility index (Phi) is 19.3. The lowest BCUT2D eigenvalue weighted by molar-refractivity contribution is -0.323. The number of benzene rings is 1. The number of aromatic amines is 1. The van der Waals surface area contributed by atoms with Gasteiger partial charge in [0, 0.05) is 30.1 Å². The first-order valence-corrected chi connectivity index (χ1v) is 20.0. The molecule has 10 N–H and O–H groups in total. The van der Waals surface area contributed by atoms with Crippen LogP contribution in [0.15, 0.2) is 36.5 Å². The fourth-order valence-electron chi connectivity index (χ4n) is 6.88. The van der Waals surface area contributed by atoms with Gasteiger partial charge < -0.3 is 70.1 Å². The van der Waals surface area contributed by atoms with Crippen LogP contribution in [0.1, 0.15) is 96.0 Å². The summed E-state index contributed by atoms with van der Waals surface area (Å²) in [7, 11) is 0. The van der Waals surface area contributed by atoms with E-state index in [0.717, 1.165) is 80.7 Å². The Bertz CT molecular complexity index is 1420. The number of hydrogen-bond donors (Lipinski definition) is 10. The van der Waals surface area contributed by atoms with Gasteiger partial charge in [0.15, 0.2) is 6.29 Å². The van der Waals surface area contributed by atoms with E-state index in [4.69, 9.17) is 18.9 Å². The Morgan fingerprint density at radius 1 is 0.836 bits per heavy atom. The van der Waals surface area contributed by atoms with Crippen molar-refractivity contribution in [1.82, 2.24) is 10.3 Å². The molecule has 0 unspecified atom stereocenters. The van der Waals surface area contributed by atoms with E-state index in [-0.39, 0.29) is 12.0 Å². The Morgan fingerprint density at radius 2 is 1.47 bits per heavy atom. The number of amides is 1. The number of aliphatic hydroxyl groups is 8. The van der Waals surface area contributed by atoms with Gasteiger partial charge in [-0.05, 0) is 75.1 Å². The molecule has 3 heterocycles. The summed E-state index contributed by atoms with van der Waals surface area (Å²) in [6, 6.07) is 5.18. The fraction of sp³-hybridized carbons (Fsp3) is 0.725. The zero-order valence-electron chi connectivity index (χ0n) is 32.0. The van der Waals surface area contributed by atoms with Crippen molar-refractivity contribution in [2.45, 2.75) is 164 Å². The van der Waals surface area contributed by atoms with Gasteiger partial charge >= 0.3 is 0 Å². The van der Waals surface area contributed by atoms with E-state index < -0.39 is 74.6 Å². The molecule has 0 bridgehead atoms. The van der Waals surface area contributed by atoms with Gasteiger partial charge in [0.25, 0.3) is 0 Å². The van der Waals surface area contributed by atoms with Gasteiger partial charge in [-0.3, -0.25) is 4.79 Å². The fourth-order valence-corrected chi connectivity index (χ4v) is 6.88. The highest BCUT2D eigenvalue weighted by Gasteiger charge is 2.48. The molecule has 1 amide bonds. The standard InChI is InChI=1S/C40H64N2O13/c1-2-26(44)15-13-11-9-7-5-3-4-6-8-10-12-14-16-32(45)41-20-19-25-22-42-29-18-17-27(21-28(25)29)53-40-38(51)36(49)34(47)31(55-40)24-52-39-37(50)35(48)33(46)30(23-43)54-39/h3,5,17-18,21-22,26,30-31,33-40,42-44,46-51H,2,4,6-16,19-20,23-24H2,1H3,(H,41,45)/b5-3-/t26-,30+,31+,33+,34+,35-,36+,37-,38-,39+,40+/m0/s1. The minimum Gasteiger partial charge on any atom is -0.462 e. The number of aromatic nitrogens is 1. The Hall–Kier alpha value is -2.67. The highest BCUT2D eigenvalue weighted by Crippen LogP contribution is 2.29. The van der Waals surface area contributed by atoms with Crippen LogP contribution >= 0.6 is 0 Å². The van der Waals surface area contributed by atoms with Crippen LogP contribution in [0.3, 0.4) is 0 Å². The minimum atomic E-state index is -1.68. The molecule has 1 aromatic carbocycles. The summed E-state index contributed by atoms with van der Waals surface area (Å²) in [6.07, 6.45) is 4.80. The summed E-state index contributed by atoms with van der Waals surface area (Å²) in [5.41, 5.74) is 1.77. The predicted molar refractivity (Wildman–Crippen MR) is 203 cm³/mol. The number of rotatable bonds is 24. The van der Waals surface area contributed by atoms with Gasteiger partial charge in [0.2, 0.25) is 12.2 Å². The molecule has 2 saturated heterocycles. The largest absolute Gasteiger partial charge is 0.462 e. The Morgan fingerprint density at radius 3 is 2.18 bits per heavy atom. The summed E-state index contributed by atoms with van der Waals surface area (Å²) in [6.45, 7) is 1.35. The molecule has 15 nitrogen and oxygen atoms in total. The van der Waals surface area contributed by atoms with E-state index in [1.165, 1.54) is 12.8 Å². The number of allylic oxidation sites excluding steroid dienone is 2. The van der Waals surface area contributed by atoms with E-state index in [2.05, 4.69) is 22.5 Å². The van der Waals surface area contributed by atoms with E-state index in [1.54, 1.807) is 18.2 Å². The van der Waals surface area contributed by atoms with Crippen LogP contribution < -0.4 is 10.1 Å². The monoisotopic (exact) mass is 780 g/mol. The number of unbranched alkanes of at least 4 members (excludes halogenated alkanes) is 8. The lowest BCUT2D eigenvalue weighted by Crippen LogP contribution is -2.62. The zero-order valence-corrected chi connectivity index (χ0v) is 32.0. The van der Waals surface area contributed by atoms with E-state index in [9.17, 15) is 45.6 Å². The molecule has 1 aromatic heterocycles. The van der Waals surface area contributed by atoms with Gasteiger partial charge in [-0.15, -0.1) is 0 Å². The van der Waals surface area contributed by atoms with E-state index >= 15 is 0 Å². The van der Waals surface area contributed by atoms with Gasteiger partial charge in [-0.1, -0.05) is 51.2 Å². The quantitative estimate of drug-likeness (QED) is 0.0541. The average molecular weight is 781 g/mol. The highest BCUT2D eigenvalue weighted by atomic mass is 16.7. The van der Waals surface area contributed by atoms with Crippen molar-refractivity contribution >= 4 is 16.8 Å². The van der Waals surface area contributed by atoms with Crippen molar-refractivity contribution in [2.75, 3.05) is 19.8 Å². The molecular formula is C40H64N2O13. The maximum Gasteiger partial charge on any atom is 0.229 e. The van der Waals surface area contributed by atoms with Gasteiger partial charge in [-0.25, -0.2) is 0 Å². The zero-order chi connectivity index (χ0) is 39.7. The maximum atomic E-state index is 12.5. The summed E-state index contributed by atoms with van der Waals surface area (Å²) < 4.78 is 22.5. The molecule has 0 saturated carbocycles. The first-order valence-electron chi connectivity index (χ1n) is 20.0. The molecule has 4 rings (SSSR count). The van der Waals surface area contributed by atoms with Crippen LogP contribution in [0.2, 0.25) is 0 Å². The highest BCUT2D eigenvalue weighted by molar-refractivity contribution is 5.84. The van der Waals surface area contributed by atoms with Crippen molar-refractivity contribution in [3.05, 3.63) is 42.1 Å². The number of carbonyl (C=O) groups excluding carboxylic acids is 1. The topological polar surface area (TPSA) is 244 Å². The van der Waals surface area contributed by atoms with E-state index in [1.807, 2.05) is 13.1 Å². The molecule has 11 atom stereocenters. The second-order valence-corrected chi connectivity index (χ2v) is 14.8. The number of H-pyrrole nitrogens is 1. The Labute approximate surface area is 323 Å². The second kappa shape index (κ2) is 23.5. The summed E-state index contributed by atoms with van der Waals surface area (Å²) in [5, 5.41) is 84.9. The molecule has 312 valence electrons. The van der Waals surface area contributed by atoms with Crippen LogP contribution in [-0.2, 0) is 25.4 Å². The molecular weight excluding hydrogens is 716 g/mol. The van der Waals surface area contributed by atoms with Crippen molar-refractivity contribution in [2.24, 2.45) is 0 Å². The van der Waals surface area contributed by atoms with Crippen LogP contribution in [0.4, 0.5) is 0 Å². The van der Waals surface area contributed by atoms with Gasteiger partial charge in [0.1, 0.15) is 54.6 Å². The number of hydrogen-bond acceptors (Lipinski definition) is 13. The molecule has 0 aliphatic carbocycles. The number of ether oxygens (including phenoxy) is 4. The lowest BCUT2D eigenvalue weighted by atomic mass is 9.98. The first kappa shape index (κ1) is 45.0. The third-order valence-corrected chi connectivity index (χ3v) is 10.5. The average Bonchev–Trinajstić information content (AvgIpc) is 3.59. The summed E-state index contributed by atoms with van der Waals surface area (Å²) >= 11 is 0. The predicted octanol–water partition coefficient (Wildman–Crippen LogP) is 1.84. The van der Waals surface area contributed by atoms with Crippen molar-refractivity contribution in [1.29, 1.82) is 0 Å². The SMILES string of the molecule is CC[C@H](O)CCCCC/C=C\CCCCCCCC(=O)NCCc1c[nH]c2ccc(O[C@@H]3O[C@H](CO[C@@H]4O[C@H](CO)[C@@H](O)[C@H](O)[C@@H]4O)[C@@H](O)[C@@H](O)[C@@H]3O)cc12. The van der Waals surface area contributed by atoms with Crippen LogP contribution in [0.25, 0.3) is 10.9 Å². The maximum absolute atomic E-state index is 12.5. The molecule has 15 heteroatoms. The lowest BCUT2D eigenvalue weighted by Gasteiger charge is -2.42. The summed E-state index contributed by atoms with van der Waals surface area (Å²) in [4.78, 5) is 15.7. The van der Waals surface area contributed by atoms with Crippen LogP contribution in [0.5, 0.6) is 5.75 Å². The van der Waals surface area contributed by atoms with Crippen molar-refractivity contribution in [3.8, 4) is 5.75 Å². The van der Waals surface area contributed by atoms with Crippen molar-refractivity contribution in [3.63, 3.8) is 0 Å². The second-order valence-electron chi connectivity index (χ2n) is 14.8. The molecule has 2 aliphatic heterocycles. The number of fused-ring (bicyclic) bond motifs is 1. The van der Waals surface area contributed by atoms with Crippen LogP contribution in [-0.4, -0.2) is 139 Å². The number of carbonyl (C=O) groups is 1. The molecule has 0 spiro atoms. The molecule has 2 fully saturated rings. The third-order valence-electron chi connectivity index (χ3n) is 10.5. The third kappa shape index (κ3) is 13.7. The van der Waals surface area contributed by atoms with E-state index in [0.29, 0.717) is 25.1 Å². The molecule has 55 heavy (non-hydrogen) atoms.